The summed E-state index contributed by atoms with van der Waals surface area (Å²) in [5, 5.41) is 6.77. The minimum atomic E-state index is -0.619. The summed E-state index contributed by atoms with van der Waals surface area (Å²) in [7, 11) is 0. The van der Waals surface area contributed by atoms with Crippen LogP contribution >= 0.6 is 11.6 Å². The van der Waals surface area contributed by atoms with Crippen molar-refractivity contribution < 1.29 is 18.7 Å². The predicted octanol–water partition coefficient (Wildman–Crippen LogP) is 5.25. The van der Waals surface area contributed by atoms with Gasteiger partial charge in [-0.25, -0.2) is 9.40 Å². The van der Waals surface area contributed by atoms with E-state index in [1.807, 2.05) is 37.3 Å². The first kappa shape index (κ1) is 28.9. The van der Waals surface area contributed by atoms with Crippen LogP contribution in [0.4, 0.5) is 4.39 Å². The SMILES string of the molecule is Cc1ccc(C2=NN(C(=O)CN(CCN3CCOCC3)C(=O)c3ccccc3F)[C@H](c3ccccc3Cl)C2)cc1C. The number of hydrogen-bond acceptors (Lipinski definition) is 5. The highest BCUT2D eigenvalue weighted by Crippen LogP contribution is 2.36. The molecule has 214 valence electrons. The molecule has 5 rings (SSSR count). The number of ether oxygens (including phenoxy) is 1. The Hall–Kier alpha value is -3.59. The number of hydrogen-bond donors (Lipinski definition) is 0. The van der Waals surface area contributed by atoms with E-state index in [1.54, 1.807) is 12.1 Å². The van der Waals surface area contributed by atoms with Gasteiger partial charge in [-0.3, -0.25) is 14.5 Å². The molecule has 0 spiro atoms. The number of benzene rings is 3. The van der Waals surface area contributed by atoms with E-state index in [0.717, 1.165) is 35.5 Å². The number of rotatable bonds is 8. The fraction of sp³-hybridized carbons (Fsp3) is 0.344. The number of aryl methyl sites for hydroxylation is 2. The lowest BCUT2D eigenvalue weighted by molar-refractivity contribution is -0.133. The van der Waals surface area contributed by atoms with E-state index in [4.69, 9.17) is 21.4 Å². The molecular formula is C32H34ClFN4O3. The maximum Gasteiger partial charge on any atom is 0.262 e. The number of hydrazone groups is 1. The highest BCUT2D eigenvalue weighted by molar-refractivity contribution is 6.31. The second-order valence-corrected chi connectivity index (χ2v) is 10.9. The van der Waals surface area contributed by atoms with Gasteiger partial charge in [0.1, 0.15) is 12.4 Å². The highest BCUT2D eigenvalue weighted by atomic mass is 35.5. The van der Waals surface area contributed by atoms with Gasteiger partial charge < -0.3 is 9.64 Å². The van der Waals surface area contributed by atoms with Gasteiger partial charge in [0.05, 0.1) is 30.5 Å². The van der Waals surface area contributed by atoms with Crippen LogP contribution in [0.15, 0.2) is 71.8 Å². The Labute approximate surface area is 245 Å². The molecule has 0 aliphatic carbocycles. The van der Waals surface area contributed by atoms with Crippen LogP contribution in [0.1, 0.15) is 45.1 Å². The molecule has 3 aromatic rings. The summed E-state index contributed by atoms with van der Waals surface area (Å²) in [4.78, 5) is 31.1. The van der Waals surface area contributed by atoms with Crippen LogP contribution in [-0.2, 0) is 9.53 Å². The molecule has 2 aliphatic rings. The van der Waals surface area contributed by atoms with Crippen molar-refractivity contribution in [3.63, 3.8) is 0 Å². The number of halogens is 2. The van der Waals surface area contributed by atoms with E-state index in [2.05, 4.69) is 17.9 Å². The third-order valence-corrected chi connectivity index (χ3v) is 8.12. The van der Waals surface area contributed by atoms with Crippen molar-refractivity contribution in [3.05, 3.63) is 105 Å². The highest BCUT2D eigenvalue weighted by Gasteiger charge is 2.36. The molecule has 0 bridgehead atoms. The number of carbonyl (C=O) groups is 2. The average Bonchev–Trinajstić information content (AvgIpc) is 3.43. The predicted molar refractivity (Wildman–Crippen MR) is 158 cm³/mol. The van der Waals surface area contributed by atoms with E-state index in [1.165, 1.54) is 33.7 Å². The second kappa shape index (κ2) is 12.9. The largest absolute Gasteiger partial charge is 0.379 e. The standard InChI is InChI=1S/C32H34ClFN4O3/c1-22-11-12-24(19-23(22)2)29-20-30(25-7-3-5-9-27(25)33)38(35-29)31(39)21-37(14-13-36-15-17-41-18-16-36)32(40)26-8-4-6-10-28(26)34/h3-12,19,30H,13-18,20-21H2,1-2H3/t30-/m0/s1. The summed E-state index contributed by atoms with van der Waals surface area (Å²) in [6, 6.07) is 19.0. The lowest BCUT2D eigenvalue weighted by atomic mass is 9.96. The van der Waals surface area contributed by atoms with Crippen molar-refractivity contribution in [1.82, 2.24) is 14.8 Å². The van der Waals surface area contributed by atoms with Crippen molar-refractivity contribution in [1.29, 1.82) is 0 Å². The molecule has 1 atom stereocenters. The number of nitrogens with zero attached hydrogens (tertiary/aromatic N) is 4. The van der Waals surface area contributed by atoms with E-state index < -0.39 is 17.8 Å². The first-order valence-corrected chi connectivity index (χ1v) is 14.2. The summed E-state index contributed by atoms with van der Waals surface area (Å²) in [5.41, 5.74) is 4.73. The topological polar surface area (TPSA) is 65.5 Å². The van der Waals surface area contributed by atoms with Crippen LogP contribution in [0.3, 0.4) is 0 Å². The van der Waals surface area contributed by atoms with Crippen molar-refractivity contribution in [2.45, 2.75) is 26.3 Å². The molecule has 1 fully saturated rings. The third kappa shape index (κ3) is 6.67. The van der Waals surface area contributed by atoms with Gasteiger partial charge in [-0.1, -0.05) is 54.1 Å². The fourth-order valence-corrected chi connectivity index (χ4v) is 5.47. The molecule has 7 nitrogen and oxygen atoms in total. The summed E-state index contributed by atoms with van der Waals surface area (Å²) >= 11 is 6.59. The molecule has 0 saturated carbocycles. The molecule has 2 amide bonds. The van der Waals surface area contributed by atoms with Crippen LogP contribution in [0.5, 0.6) is 0 Å². The quantitative estimate of drug-likeness (QED) is 0.367. The van der Waals surface area contributed by atoms with Crippen LogP contribution in [0.2, 0.25) is 5.02 Å². The Balaban J connectivity index is 1.44. The minimum Gasteiger partial charge on any atom is -0.379 e. The van der Waals surface area contributed by atoms with Crippen molar-refractivity contribution >= 4 is 29.1 Å². The molecule has 0 radical (unpaired) electrons. The van der Waals surface area contributed by atoms with Gasteiger partial charge in [-0.05, 0) is 60.4 Å². The van der Waals surface area contributed by atoms with Gasteiger partial charge in [-0.15, -0.1) is 0 Å². The lowest BCUT2D eigenvalue weighted by Crippen LogP contribution is -2.46. The van der Waals surface area contributed by atoms with E-state index >= 15 is 0 Å². The molecule has 0 aromatic heterocycles. The average molecular weight is 577 g/mol. The lowest BCUT2D eigenvalue weighted by Gasteiger charge is -2.31. The summed E-state index contributed by atoms with van der Waals surface area (Å²) in [6.07, 6.45) is 0.479. The molecule has 41 heavy (non-hydrogen) atoms. The monoisotopic (exact) mass is 576 g/mol. The normalized spacial score (nSPS) is 17.4. The first-order chi connectivity index (χ1) is 19.8. The van der Waals surface area contributed by atoms with E-state index in [-0.39, 0.29) is 24.6 Å². The zero-order valence-electron chi connectivity index (χ0n) is 23.4. The fourth-order valence-electron chi connectivity index (χ4n) is 5.20. The molecular weight excluding hydrogens is 543 g/mol. The Morgan fingerprint density at radius 1 is 1.02 bits per heavy atom. The van der Waals surface area contributed by atoms with E-state index in [0.29, 0.717) is 31.2 Å². The molecule has 9 heteroatoms. The van der Waals surface area contributed by atoms with Crippen molar-refractivity contribution in [3.8, 4) is 0 Å². The number of amides is 2. The van der Waals surface area contributed by atoms with Crippen LogP contribution < -0.4 is 0 Å². The third-order valence-electron chi connectivity index (χ3n) is 7.78. The van der Waals surface area contributed by atoms with Gasteiger partial charge in [-0.2, -0.15) is 5.10 Å². The molecule has 0 N–H and O–H groups in total. The van der Waals surface area contributed by atoms with Crippen LogP contribution in [0.25, 0.3) is 0 Å². The zero-order chi connectivity index (χ0) is 28.9. The molecule has 3 aromatic carbocycles. The Morgan fingerprint density at radius 2 is 1.76 bits per heavy atom. The van der Waals surface area contributed by atoms with Gasteiger partial charge in [0.25, 0.3) is 11.8 Å². The van der Waals surface area contributed by atoms with Crippen molar-refractivity contribution in [2.24, 2.45) is 5.10 Å². The zero-order valence-corrected chi connectivity index (χ0v) is 24.1. The second-order valence-electron chi connectivity index (χ2n) is 10.5. The smallest absolute Gasteiger partial charge is 0.262 e. The number of morpholine rings is 1. The maximum absolute atomic E-state index is 14.7. The van der Waals surface area contributed by atoms with E-state index in [9.17, 15) is 14.0 Å². The summed E-state index contributed by atoms with van der Waals surface area (Å²) in [6.45, 7) is 7.35. The van der Waals surface area contributed by atoms with Gasteiger partial charge in [0.15, 0.2) is 0 Å². The summed E-state index contributed by atoms with van der Waals surface area (Å²) < 4.78 is 20.1. The van der Waals surface area contributed by atoms with Gasteiger partial charge in [0, 0.05) is 37.6 Å². The first-order valence-electron chi connectivity index (χ1n) is 13.9. The Bertz CT molecular complexity index is 1460. The number of carbonyl (C=O) groups excluding carboxylic acids is 2. The van der Waals surface area contributed by atoms with Gasteiger partial charge >= 0.3 is 0 Å². The molecule has 2 aliphatic heterocycles. The van der Waals surface area contributed by atoms with Crippen LogP contribution in [-0.4, -0.2) is 78.3 Å². The Morgan fingerprint density at radius 3 is 2.49 bits per heavy atom. The molecule has 0 unspecified atom stereocenters. The molecule has 1 saturated heterocycles. The summed E-state index contributed by atoms with van der Waals surface area (Å²) in [5.74, 6) is -1.51. The van der Waals surface area contributed by atoms with Crippen LogP contribution in [0, 0.1) is 19.7 Å². The van der Waals surface area contributed by atoms with Crippen molar-refractivity contribution in [2.75, 3.05) is 45.9 Å². The Kier molecular flexibility index (Phi) is 9.12. The maximum atomic E-state index is 14.7. The van der Waals surface area contributed by atoms with Gasteiger partial charge in [0.2, 0.25) is 0 Å². The minimum absolute atomic E-state index is 0.0642. The molecule has 2 heterocycles.